The van der Waals surface area contributed by atoms with Crippen molar-refractivity contribution >= 4 is 16.9 Å². The van der Waals surface area contributed by atoms with Gasteiger partial charge < -0.3 is 10.5 Å². The molecular weight excluding hydrogens is 266 g/mol. The Morgan fingerprint density at radius 2 is 1.86 bits per heavy atom. The number of primary amides is 1. The molecule has 1 heterocycles. The first-order valence-electron chi connectivity index (χ1n) is 6.38. The number of hydrogen-bond acceptors (Lipinski definition) is 4. The van der Waals surface area contributed by atoms with Crippen LogP contribution in [0, 0.1) is 0 Å². The van der Waals surface area contributed by atoms with E-state index in [1.165, 1.54) is 0 Å². The van der Waals surface area contributed by atoms with E-state index in [-0.39, 0.29) is 0 Å². The van der Waals surface area contributed by atoms with E-state index in [9.17, 15) is 4.79 Å². The van der Waals surface area contributed by atoms with E-state index in [2.05, 4.69) is 9.97 Å². The van der Waals surface area contributed by atoms with Gasteiger partial charge in [0.25, 0.3) is 0 Å². The number of amides is 1. The largest absolute Gasteiger partial charge is 0.497 e. The second-order valence-corrected chi connectivity index (χ2v) is 4.55. The van der Waals surface area contributed by atoms with Crippen molar-refractivity contribution in [1.82, 2.24) is 9.97 Å². The lowest BCUT2D eigenvalue weighted by molar-refractivity contribution is 0.100. The van der Waals surface area contributed by atoms with E-state index in [0.29, 0.717) is 11.1 Å². The van der Waals surface area contributed by atoms with Crippen LogP contribution >= 0.6 is 0 Å². The summed E-state index contributed by atoms with van der Waals surface area (Å²) in [4.78, 5) is 20.1. The Balaban J connectivity index is 2.08. The molecule has 3 aromatic rings. The van der Waals surface area contributed by atoms with Gasteiger partial charge >= 0.3 is 0 Å². The number of carbonyl (C=O) groups excluding carboxylic acids is 1. The minimum absolute atomic E-state index is 0.420. The normalized spacial score (nSPS) is 10.5. The first kappa shape index (κ1) is 13.1. The van der Waals surface area contributed by atoms with E-state index in [4.69, 9.17) is 10.5 Å². The summed E-state index contributed by atoms with van der Waals surface area (Å²) >= 11 is 0. The smallest absolute Gasteiger partial charge is 0.248 e. The molecule has 2 aromatic carbocycles. The third-order valence-corrected chi connectivity index (χ3v) is 3.21. The number of carbonyl (C=O) groups is 1. The summed E-state index contributed by atoms with van der Waals surface area (Å²) in [6.07, 6.45) is 1.70. The van der Waals surface area contributed by atoms with Gasteiger partial charge in [-0.2, -0.15) is 0 Å². The molecule has 2 N–H and O–H groups in total. The van der Waals surface area contributed by atoms with Crippen LogP contribution in [0.15, 0.2) is 48.7 Å². The number of rotatable bonds is 3. The maximum absolute atomic E-state index is 11.2. The summed E-state index contributed by atoms with van der Waals surface area (Å²) in [5, 5.41) is 0. The van der Waals surface area contributed by atoms with Gasteiger partial charge in [0.1, 0.15) is 5.75 Å². The number of nitrogens with zero attached hydrogens (tertiary/aromatic N) is 2. The lowest BCUT2D eigenvalue weighted by atomic mass is 10.1. The Morgan fingerprint density at radius 1 is 1.10 bits per heavy atom. The fourth-order valence-corrected chi connectivity index (χ4v) is 2.07. The maximum Gasteiger partial charge on any atom is 0.248 e. The molecule has 1 amide bonds. The van der Waals surface area contributed by atoms with Crippen LogP contribution in [-0.4, -0.2) is 23.0 Å². The number of aromatic nitrogens is 2. The summed E-state index contributed by atoms with van der Waals surface area (Å²) < 4.78 is 5.13. The second kappa shape index (κ2) is 5.20. The molecule has 0 aliphatic rings. The van der Waals surface area contributed by atoms with Gasteiger partial charge in [-0.05, 0) is 42.5 Å². The molecule has 0 radical (unpaired) electrons. The zero-order valence-corrected chi connectivity index (χ0v) is 11.4. The van der Waals surface area contributed by atoms with Gasteiger partial charge in [-0.15, -0.1) is 0 Å². The molecule has 5 heteroatoms. The Hall–Kier alpha value is -2.95. The topological polar surface area (TPSA) is 78.1 Å². The van der Waals surface area contributed by atoms with Crippen molar-refractivity contribution < 1.29 is 9.53 Å². The molecule has 0 saturated heterocycles. The van der Waals surface area contributed by atoms with Crippen LogP contribution in [0.4, 0.5) is 0 Å². The Bertz CT molecular complexity index is 813. The molecule has 1 aromatic heterocycles. The van der Waals surface area contributed by atoms with Gasteiger partial charge in [-0.3, -0.25) is 9.78 Å². The van der Waals surface area contributed by atoms with Crippen molar-refractivity contribution in [2.75, 3.05) is 7.11 Å². The summed E-state index contributed by atoms with van der Waals surface area (Å²) in [6.45, 7) is 0. The molecule has 0 fully saturated rings. The molecule has 0 atom stereocenters. The standard InChI is InChI=1S/C16H13N3O2/c1-21-12-5-2-10(3-6-12)15-9-18-13-7-4-11(16(17)20)8-14(13)19-15/h2-9H,1H3,(H2,17,20). The molecule has 21 heavy (non-hydrogen) atoms. The summed E-state index contributed by atoms with van der Waals surface area (Å²) in [5.74, 6) is 0.303. The number of ether oxygens (including phenoxy) is 1. The number of fused-ring (bicyclic) bond motifs is 1. The van der Waals surface area contributed by atoms with Crippen LogP contribution < -0.4 is 10.5 Å². The molecule has 0 bridgehead atoms. The Morgan fingerprint density at radius 3 is 2.52 bits per heavy atom. The highest BCUT2D eigenvalue weighted by atomic mass is 16.5. The highest BCUT2D eigenvalue weighted by Gasteiger charge is 2.06. The fraction of sp³-hybridized carbons (Fsp3) is 0.0625. The van der Waals surface area contributed by atoms with Gasteiger partial charge in [-0.25, -0.2) is 4.98 Å². The third-order valence-electron chi connectivity index (χ3n) is 3.21. The first-order chi connectivity index (χ1) is 10.2. The van der Waals surface area contributed by atoms with Crippen LogP contribution in [0.5, 0.6) is 5.75 Å². The number of benzene rings is 2. The lowest BCUT2D eigenvalue weighted by Gasteiger charge is -2.05. The average Bonchev–Trinajstić information content (AvgIpc) is 2.54. The second-order valence-electron chi connectivity index (χ2n) is 4.55. The SMILES string of the molecule is COc1ccc(-c2cnc3ccc(C(N)=O)cc3n2)cc1. The minimum Gasteiger partial charge on any atom is -0.497 e. The molecule has 104 valence electrons. The van der Waals surface area contributed by atoms with E-state index >= 15 is 0 Å². The van der Waals surface area contributed by atoms with Gasteiger partial charge in [0, 0.05) is 11.1 Å². The quantitative estimate of drug-likeness (QED) is 0.798. The van der Waals surface area contributed by atoms with Gasteiger partial charge in [0.2, 0.25) is 5.91 Å². The van der Waals surface area contributed by atoms with Gasteiger partial charge in [0.05, 0.1) is 30.0 Å². The highest BCUT2D eigenvalue weighted by molar-refractivity contribution is 5.96. The first-order valence-corrected chi connectivity index (χ1v) is 6.38. The minimum atomic E-state index is -0.478. The predicted octanol–water partition coefficient (Wildman–Crippen LogP) is 2.40. The molecule has 0 spiro atoms. The van der Waals surface area contributed by atoms with Crippen molar-refractivity contribution in [2.45, 2.75) is 0 Å². The summed E-state index contributed by atoms with van der Waals surface area (Å²) in [7, 11) is 1.62. The molecule has 5 nitrogen and oxygen atoms in total. The van der Waals surface area contributed by atoms with Crippen molar-refractivity contribution in [3.05, 3.63) is 54.2 Å². The zero-order valence-electron chi connectivity index (χ0n) is 11.4. The monoisotopic (exact) mass is 279 g/mol. The van der Waals surface area contributed by atoms with E-state index in [1.807, 2.05) is 24.3 Å². The Kier molecular flexibility index (Phi) is 3.23. The molecule has 0 aliphatic carbocycles. The number of methoxy groups -OCH3 is 1. The van der Waals surface area contributed by atoms with Gasteiger partial charge in [-0.1, -0.05) is 0 Å². The van der Waals surface area contributed by atoms with E-state index in [0.717, 1.165) is 22.5 Å². The van der Waals surface area contributed by atoms with Crippen LogP contribution in [0.25, 0.3) is 22.3 Å². The fourth-order valence-electron chi connectivity index (χ4n) is 2.07. The van der Waals surface area contributed by atoms with Crippen molar-refractivity contribution in [2.24, 2.45) is 5.73 Å². The predicted molar refractivity (Wildman–Crippen MR) is 80.0 cm³/mol. The third kappa shape index (κ3) is 2.53. The number of hydrogen-bond donors (Lipinski definition) is 1. The van der Waals surface area contributed by atoms with Crippen LogP contribution in [0.2, 0.25) is 0 Å². The zero-order chi connectivity index (χ0) is 14.8. The Labute approximate surface area is 121 Å². The van der Waals surface area contributed by atoms with Crippen molar-refractivity contribution in [3.8, 4) is 17.0 Å². The molecular formula is C16H13N3O2. The van der Waals surface area contributed by atoms with E-state index in [1.54, 1.807) is 31.5 Å². The molecule has 0 saturated carbocycles. The van der Waals surface area contributed by atoms with Crippen molar-refractivity contribution in [1.29, 1.82) is 0 Å². The molecule has 0 unspecified atom stereocenters. The molecule has 0 aliphatic heterocycles. The summed E-state index contributed by atoms with van der Waals surface area (Å²) in [5.41, 5.74) is 8.72. The van der Waals surface area contributed by atoms with Crippen LogP contribution in [0.1, 0.15) is 10.4 Å². The van der Waals surface area contributed by atoms with E-state index < -0.39 is 5.91 Å². The van der Waals surface area contributed by atoms with Crippen LogP contribution in [-0.2, 0) is 0 Å². The van der Waals surface area contributed by atoms with Gasteiger partial charge in [0.15, 0.2) is 0 Å². The molecule has 3 rings (SSSR count). The average molecular weight is 279 g/mol. The summed E-state index contributed by atoms with van der Waals surface area (Å²) in [6, 6.07) is 12.6. The van der Waals surface area contributed by atoms with Crippen LogP contribution in [0.3, 0.4) is 0 Å². The number of nitrogens with two attached hydrogens (primary N) is 1. The maximum atomic E-state index is 11.2. The van der Waals surface area contributed by atoms with Crippen molar-refractivity contribution in [3.63, 3.8) is 0 Å². The highest BCUT2D eigenvalue weighted by Crippen LogP contribution is 2.22. The lowest BCUT2D eigenvalue weighted by Crippen LogP contribution is -2.10.